The van der Waals surface area contributed by atoms with Crippen LogP contribution in [0.15, 0.2) is 45.7 Å². The Morgan fingerprint density at radius 1 is 1.10 bits per heavy atom. The zero-order valence-electron chi connectivity index (χ0n) is 17.2. The average molecular weight is 452 g/mol. The molecular formula is C25H25NO3S2. The molecule has 4 saturated carbocycles. The highest BCUT2D eigenvalue weighted by molar-refractivity contribution is 8.26. The zero-order chi connectivity index (χ0) is 21.1. The molecule has 7 rings (SSSR count). The second kappa shape index (κ2) is 7.61. The maximum Gasteiger partial charge on any atom is 0.266 e. The number of benzene rings is 1. The molecular weight excluding hydrogens is 426 g/mol. The summed E-state index contributed by atoms with van der Waals surface area (Å²) in [5.41, 5.74) is 1.62. The van der Waals surface area contributed by atoms with Crippen LogP contribution >= 0.6 is 24.0 Å². The number of hydrogen-bond acceptors (Lipinski definition) is 5. The van der Waals surface area contributed by atoms with E-state index in [1.807, 2.05) is 41.3 Å². The van der Waals surface area contributed by atoms with Gasteiger partial charge in [0.25, 0.3) is 5.91 Å². The molecule has 1 amide bonds. The lowest BCUT2D eigenvalue weighted by Gasteiger charge is -2.56. The number of aliphatic hydroxyl groups excluding tert-OH is 1. The summed E-state index contributed by atoms with van der Waals surface area (Å²) in [6.07, 6.45) is 8.17. The van der Waals surface area contributed by atoms with Crippen LogP contribution in [0.25, 0.3) is 17.4 Å². The van der Waals surface area contributed by atoms with E-state index in [-0.39, 0.29) is 18.6 Å². The second-order valence-corrected chi connectivity index (χ2v) is 11.2. The molecule has 4 nitrogen and oxygen atoms in total. The smallest absolute Gasteiger partial charge is 0.266 e. The monoisotopic (exact) mass is 451 g/mol. The fraction of sp³-hybridized carbons (Fsp3) is 0.440. The average Bonchev–Trinajstić information content (AvgIpc) is 3.29. The molecule has 160 valence electrons. The molecule has 1 N–H and O–H groups in total. The quantitative estimate of drug-likeness (QED) is 0.494. The van der Waals surface area contributed by atoms with E-state index in [1.54, 1.807) is 6.08 Å². The number of thioether (sulfide) groups is 1. The van der Waals surface area contributed by atoms with Crippen LogP contribution < -0.4 is 0 Å². The van der Waals surface area contributed by atoms with Gasteiger partial charge < -0.3 is 9.52 Å². The normalized spacial score (nSPS) is 33.1. The van der Waals surface area contributed by atoms with Gasteiger partial charge in [-0.05, 0) is 61.8 Å². The van der Waals surface area contributed by atoms with Crippen molar-refractivity contribution in [1.29, 1.82) is 0 Å². The lowest BCUT2D eigenvalue weighted by molar-refractivity contribution is -0.130. The van der Waals surface area contributed by atoms with Gasteiger partial charge in [-0.2, -0.15) is 0 Å². The lowest BCUT2D eigenvalue weighted by atomic mass is 9.54. The SMILES string of the molecule is O=C1/C(=C/c2oc(-c3ccccc3)cc2CO)SC(=S)N1C1C2CC3CC(C2)CC1C3. The molecule has 0 spiro atoms. The maximum atomic E-state index is 13.5. The molecule has 0 atom stereocenters. The summed E-state index contributed by atoms with van der Waals surface area (Å²) < 4.78 is 6.72. The minimum atomic E-state index is -0.141. The van der Waals surface area contributed by atoms with E-state index in [0.717, 1.165) is 17.4 Å². The first-order valence-corrected chi connectivity index (χ1v) is 12.4. The molecule has 0 radical (unpaired) electrons. The second-order valence-electron chi connectivity index (χ2n) is 9.50. The summed E-state index contributed by atoms with van der Waals surface area (Å²) >= 11 is 7.07. The van der Waals surface area contributed by atoms with Crippen LogP contribution in [0.2, 0.25) is 0 Å². The molecule has 5 aliphatic rings. The summed E-state index contributed by atoms with van der Waals surface area (Å²) in [5, 5.41) is 9.85. The van der Waals surface area contributed by atoms with Gasteiger partial charge in [0, 0.05) is 23.2 Å². The van der Waals surface area contributed by atoms with Gasteiger partial charge in [0.05, 0.1) is 11.5 Å². The van der Waals surface area contributed by atoms with E-state index in [2.05, 4.69) is 0 Å². The number of aliphatic hydroxyl groups is 1. The molecule has 2 heterocycles. The Morgan fingerprint density at radius 2 is 1.77 bits per heavy atom. The number of furan rings is 1. The predicted molar refractivity (Wildman–Crippen MR) is 126 cm³/mol. The third-order valence-electron chi connectivity index (χ3n) is 7.63. The highest BCUT2D eigenvalue weighted by Crippen LogP contribution is 2.56. The Bertz CT molecular complexity index is 1050. The Balaban J connectivity index is 1.30. The number of amides is 1. The largest absolute Gasteiger partial charge is 0.456 e. The number of rotatable bonds is 4. The van der Waals surface area contributed by atoms with Crippen molar-refractivity contribution in [3.8, 4) is 11.3 Å². The number of hydrogen-bond donors (Lipinski definition) is 1. The fourth-order valence-electron chi connectivity index (χ4n) is 6.61. The third kappa shape index (κ3) is 3.31. The van der Waals surface area contributed by atoms with Gasteiger partial charge in [-0.1, -0.05) is 54.3 Å². The third-order valence-corrected chi connectivity index (χ3v) is 8.96. The van der Waals surface area contributed by atoms with Crippen LogP contribution in [0.1, 0.15) is 43.4 Å². The summed E-state index contributed by atoms with van der Waals surface area (Å²) in [6.45, 7) is -0.141. The van der Waals surface area contributed by atoms with Crippen molar-refractivity contribution in [1.82, 2.24) is 4.90 Å². The first-order chi connectivity index (χ1) is 15.1. The molecule has 4 aliphatic carbocycles. The van der Waals surface area contributed by atoms with Gasteiger partial charge >= 0.3 is 0 Å². The van der Waals surface area contributed by atoms with E-state index in [9.17, 15) is 9.90 Å². The maximum absolute atomic E-state index is 13.5. The minimum Gasteiger partial charge on any atom is -0.456 e. The highest BCUT2D eigenvalue weighted by atomic mass is 32.2. The topological polar surface area (TPSA) is 53.7 Å². The van der Waals surface area contributed by atoms with Gasteiger partial charge in [0.15, 0.2) is 0 Å². The van der Waals surface area contributed by atoms with Gasteiger partial charge in [0.1, 0.15) is 15.8 Å². The van der Waals surface area contributed by atoms with Crippen molar-refractivity contribution >= 4 is 40.3 Å². The summed E-state index contributed by atoms with van der Waals surface area (Å²) in [5.74, 6) is 4.14. The van der Waals surface area contributed by atoms with E-state index in [1.165, 1.54) is 43.9 Å². The molecule has 1 aromatic carbocycles. The highest BCUT2D eigenvalue weighted by Gasteiger charge is 2.53. The van der Waals surface area contributed by atoms with Gasteiger partial charge in [-0.15, -0.1) is 0 Å². The first-order valence-electron chi connectivity index (χ1n) is 11.2. The van der Waals surface area contributed by atoms with Crippen molar-refractivity contribution in [3.63, 3.8) is 0 Å². The van der Waals surface area contributed by atoms with E-state index >= 15 is 0 Å². The van der Waals surface area contributed by atoms with E-state index in [0.29, 0.717) is 38.1 Å². The van der Waals surface area contributed by atoms with Crippen LogP contribution in [0.3, 0.4) is 0 Å². The van der Waals surface area contributed by atoms with Crippen molar-refractivity contribution in [3.05, 3.63) is 52.6 Å². The van der Waals surface area contributed by atoms with Crippen LogP contribution in [0, 0.1) is 23.7 Å². The molecule has 1 aliphatic heterocycles. The van der Waals surface area contributed by atoms with Gasteiger partial charge in [0.2, 0.25) is 0 Å². The molecule has 6 heteroatoms. The Hall–Kier alpha value is -1.89. The number of thiocarbonyl (C=S) groups is 1. The first kappa shape index (κ1) is 19.8. The van der Waals surface area contributed by atoms with Crippen molar-refractivity contribution in [2.24, 2.45) is 23.7 Å². The van der Waals surface area contributed by atoms with Crippen LogP contribution in [-0.4, -0.2) is 26.3 Å². The van der Waals surface area contributed by atoms with Crippen molar-refractivity contribution in [2.45, 2.75) is 44.8 Å². The Labute approximate surface area is 191 Å². The summed E-state index contributed by atoms with van der Waals surface area (Å²) in [6, 6.07) is 11.9. The number of carbonyl (C=O) groups excluding carboxylic acids is 1. The Kier molecular flexibility index (Phi) is 4.85. The number of carbonyl (C=O) groups is 1. The van der Waals surface area contributed by atoms with Crippen LogP contribution in [0.5, 0.6) is 0 Å². The van der Waals surface area contributed by atoms with Crippen molar-refractivity contribution in [2.75, 3.05) is 0 Å². The van der Waals surface area contributed by atoms with Crippen LogP contribution in [-0.2, 0) is 11.4 Å². The van der Waals surface area contributed by atoms with E-state index in [4.69, 9.17) is 16.6 Å². The predicted octanol–water partition coefficient (Wildman–Crippen LogP) is 5.46. The molecule has 1 aromatic heterocycles. The fourth-order valence-corrected chi connectivity index (χ4v) is 7.92. The van der Waals surface area contributed by atoms with E-state index < -0.39 is 0 Å². The molecule has 2 aromatic rings. The summed E-state index contributed by atoms with van der Waals surface area (Å²) in [4.78, 5) is 16.0. The lowest BCUT2D eigenvalue weighted by Crippen LogP contribution is -2.57. The molecule has 31 heavy (non-hydrogen) atoms. The molecule has 5 fully saturated rings. The zero-order valence-corrected chi connectivity index (χ0v) is 18.8. The summed E-state index contributed by atoms with van der Waals surface area (Å²) in [7, 11) is 0. The molecule has 1 saturated heterocycles. The standard InChI is InChI=1S/C25H25NO3S2/c27-13-19-11-20(16-4-2-1-3-5-16)29-21(19)12-22-24(28)26(25(30)31-22)23-17-7-14-6-15(9-17)10-18(23)8-14/h1-5,11-12,14-15,17-18,23,27H,6-10,13H2/b22-12-. The van der Waals surface area contributed by atoms with Crippen molar-refractivity contribution < 1.29 is 14.3 Å². The van der Waals surface area contributed by atoms with Gasteiger partial charge in [-0.3, -0.25) is 9.69 Å². The van der Waals surface area contributed by atoms with Gasteiger partial charge in [-0.25, -0.2) is 0 Å². The molecule has 4 bridgehead atoms. The van der Waals surface area contributed by atoms with Crippen LogP contribution in [0.4, 0.5) is 0 Å². The minimum absolute atomic E-state index is 0.00836. The Morgan fingerprint density at radius 3 is 2.42 bits per heavy atom. The number of nitrogens with zero attached hydrogens (tertiary/aromatic N) is 1. The molecule has 0 unspecified atom stereocenters.